The molecule has 142 valence electrons. The zero-order valence-electron chi connectivity index (χ0n) is 15.3. The van der Waals surface area contributed by atoms with Crippen molar-refractivity contribution in [1.29, 1.82) is 0 Å². The van der Waals surface area contributed by atoms with E-state index in [0.717, 1.165) is 5.76 Å². The quantitative estimate of drug-likeness (QED) is 0.629. The molecule has 0 radical (unpaired) electrons. The van der Waals surface area contributed by atoms with Gasteiger partial charge in [0, 0.05) is 12.2 Å². The Bertz CT molecular complexity index is 891. The van der Waals surface area contributed by atoms with Gasteiger partial charge in [-0.15, -0.1) is 0 Å². The number of likely N-dealkylation sites (N-methyl/N-ethyl adjacent to an activating group) is 1. The smallest absolute Gasteiger partial charge is 0.270 e. The molecule has 27 heavy (non-hydrogen) atoms. The van der Waals surface area contributed by atoms with Crippen LogP contribution in [-0.4, -0.2) is 47.3 Å². The Kier molecular flexibility index (Phi) is 5.98. The summed E-state index contributed by atoms with van der Waals surface area (Å²) in [6.07, 6.45) is 5.02. The molecule has 8 heteroatoms. The van der Waals surface area contributed by atoms with Gasteiger partial charge in [0.2, 0.25) is 0 Å². The van der Waals surface area contributed by atoms with Gasteiger partial charge in [-0.25, -0.2) is 9.37 Å². The third-order valence-electron chi connectivity index (χ3n) is 4.18. The summed E-state index contributed by atoms with van der Waals surface area (Å²) in [5.41, 5.74) is 1.07. The van der Waals surface area contributed by atoms with E-state index in [1.807, 2.05) is 37.4 Å². The van der Waals surface area contributed by atoms with Crippen LogP contribution in [0.4, 0.5) is 4.39 Å². The van der Waals surface area contributed by atoms with Gasteiger partial charge in [0.05, 0.1) is 18.5 Å². The van der Waals surface area contributed by atoms with Crippen molar-refractivity contribution in [1.82, 2.24) is 19.8 Å². The maximum absolute atomic E-state index is 13.3. The molecule has 0 bridgehead atoms. The van der Waals surface area contributed by atoms with Crippen LogP contribution in [0.3, 0.4) is 0 Å². The first-order valence-electron chi connectivity index (χ1n) is 8.37. The molecular formula is C19H21FN4O2S. The first-order chi connectivity index (χ1) is 13.0. The van der Waals surface area contributed by atoms with Gasteiger partial charge in [0.1, 0.15) is 17.3 Å². The second kappa shape index (κ2) is 8.41. The Morgan fingerprint density at radius 1 is 1.33 bits per heavy atom. The molecule has 2 aromatic heterocycles. The standard InChI is InChI=1S/C19H21FN4O2S/c1-23(2)15(17-5-4-10-26-17)11-21-18(25)16-12-22-19(27-3)24(16)14-8-6-13(20)7-9-14/h4-10,12,15H,11H2,1-3H3,(H,21,25). The van der Waals surface area contributed by atoms with Crippen molar-refractivity contribution in [2.75, 3.05) is 26.9 Å². The lowest BCUT2D eigenvalue weighted by Crippen LogP contribution is -2.35. The van der Waals surface area contributed by atoms with Crippen LogP contribution in [-0.2, 0) is 0 Å². The summed E-state index contributed by atoms with van der Waals surface area (Å²) < 4.78 is 20.5. The lowest BCUT2D eigenvalue weighted by Gasteiger charge is -2.22. The molecule has 1 aromatic carbocycles. The molecule has 0 aliphatic heterocycles. The molecule has 0 saturated carbocycles. The highest BCUT2D eigenvalue weighted by molar-refractivity contribution is 7.98. The van der Waals surface area contributed by atoms with Gasteiger partial charge >= 0.3 is 0 Å². The number of halogens is 1. The maximum atomic E-state index is 13.3. The minimum absolute atomic E-state index is 0.0915. The molecule has 1 atom stereocenters. The fourth-order valence-electron chi connectivity index (χ4n) is 2.78. The van der Waals surface area contributed by atoms with Crippen LogP contribution in [0.25, 0.3) is 5.69 Å². The average molecular weight is 388 g/mol. The minimum atomic E-state index is -0.331. The van der Waals surface area contributed by atoms with Crippen LogP contribution in [0.1, 0.15) is 22.3 Å². The van der Waals surface area contributed by atoms with Gasteiger partial charge in [-0.1, -0.05) is 11.8 Å². The van der Waals surface area contributed by atoms with Crippen LogP contribution >= 0.6 is 11.8 Å². The van der Waals surface area contributed by atoms with Crippen LogP contribution in [0.2, 0.25) is 0 Å². The van der Waals surface area contributed by atoms with Crippen molar-refractivity contribution >= 4 is 17.7 Å². The highest BCUT2D eigenvalue weighted by atomic mass is 32.2. The summed E-state index contributed by atoms with van der Waals surface area (Å²) >= 11 is 1.41. The van der Waals surface area contributed by atoms with Crippen molar-refractivity contribution in [3.63, 3.8) is 0 Å². The van der Waals surface area contributed by atoms with Crippen LogP contribution in [0.5, 0.6) is 0 Å². The predicted octanol–water partition coefficient (Wildman–Crippen LogP) is 3.36. The number of carbonyl (C=O) groups excluding carboxylic acids is 1. The Hall–Kier alpha value is -2.58. The fourth-order valence-corrected chi connectivity index (χ4v) is 3.32. The number of furan rings is 1. The number of hydrogen-bond acceptors (Lipinski definition) is 5. The monoisotopic (exact) mass is 388 g/mol. The molecule has 0 spiro atoms. The molecule has 1 unspecified atom stereocenters. The number of nitrogens with zero attached hydrogens (tertiary/aromatic N) is 3. The van der Waals surface area contributed by atoms with E-state index in [1.54, 1.807) is 23.0 Å². The molecule has 0 aliphatic carbocycles. The van der Waals surface area contributed by atoms with E-state index in [2.05, 4.69) is 10.3 Å². The summed E-state index contributed by atoms with van der Waals surface area (Å²) in [4.78, 5) is 19.1. The average Bonchev–Trinajstić information content (AvgIpc) is 3.31. The molecule has 0 fully saturated rings. The number of imidazole rings is 1. The van der Waals surface area contributed by atoms with E-state index >= 15 is 0 Å². The Labute approximate surface area is 161 Å². The number of nitrogens with one attached hydrogen (secondary N) is 1. The lowest BCUT2D eigenvalue weighted by molar-refractivity contribution is 0.0931. The first-order valence-corrected chi connectivity index (χ1v) is 9.59. The Balaban J connectivity index is 1.83. The summed E-state index contributed by atoms with van der Waals surface area (Å²) in [6.45, 7) is 0.378. The van der Waals surface area contributed by atoms with E-state index in [0.29, 0.717) is 23.1 Å². The van der Waals surface area contributed by atoms with E-state index in [-0.39, 0.29) is 17.8 Å². The van der Waals surface area contributed by atoms with E-state index in [4.69, 9.17) is 4.42 Å². The minimum Gasteiger partial charge on any atom is -0.468 e. The van der Waals surface area contributed by atoms with Gasteiger partial charge in [-0.3, -0.25) is 14.3 Å². The van der Waals surface area contributed by atoms with E-state index in [1.165, 1.54) is 30.1 Å². The number of hydrogen-bond donors (Lipinski definition) is 1. The predicted molar refractivity (Wildman–Crippen MR) is 103 cm³/mol. The fraction of sp³-hybridized carbons (Fsp3) is 0.263. The molecule has 1 N–H and O–H groups in total. The lowest BCUT2D eigenvalue weighted by atomic mass is 10.2. The van der Waals surface area contributed by atoms with Crippen LogP contribution in [0.15, 0.2) is 58.4 Å². The number of carbonyl (C=O) groups is 1. The van der Waals surface area contributed by atoms with Crippen molar-refractivity contribution in [2.45, 2.75) is 11.2 Å². The van der Waals surface area contributed by atoms with Crippen LogP contribution in [0, 0.1) is 5.82 Å². The number of rotatable bonds is 7. The summed E-state index contributed by atoms with van der Waals surface area (Å²) in [5.74, 6) is 0.186. The molecule has 1 amide bonds. The zero-order chi connectivity index (χ0) is 19.4. The van der Waals surface area contributed by atoms with Crippen molar-refractivity contribution in [3.05, 3.63) is 66.1 Å². The molecule has 2 heterocycles. The highest BCUT2D eigenvalue weighted by Gasteiger charge is 2.21. The normalized spacial score (nSPS) is 12.3. The number of benzene rings is 1. The second-order valence-corrected chi connectivity index (χ2v) is 6.92. The van der Waals surface area contributed by atoms with Crippen molar-refractivity contribution in [2.24, 2.45) is 0 Å². The molecule has 3 aromatic rings. The van der Waals surface area contributed by atoms with Gasteiger partial charge in [0.25, 0.3) is 5.91 Å². The summed E-state index contributed by atoms with van der Waals surface area (Å²) in [7, 11) is 3.85. The number of aromatic nitrogens is 2. The molecule has 0 saturated heterocycles. The maximum Gasteiger partial charge on any atom is 0.270 e. The summed E-state index contributed by atoms with van der Waals surface area (Å²) in [6, 6.07) is 9.58. The van der Waals surface area contributed by atoms with Crippen molar-refractivity contribution < 1.29 is 13.6 Å². The van der Waals surface area contributed by atoms with Gasteiger partial charge in [-0.2, -0.15) is 0 Å². The highest BCUT2D eigenvalue weighted by Crippen LogP contribution is 2.23. The molecular weight excluding hydrogens is 367 g/mol. The van der Waals surface area contributed by atoms with Crippen molar-refractivity contribution in [3.8, 4) is 5.69 Å². The zero-order valence-corrected chi connectivity index (χ0v) is 16.2. The Morgan fingerprint density at radius 3 is 2.67 bits per heavy atom. The third-order valence-corrected chi connectivity index (χ3v) is 4.83. The largest absolute Gasteiger partial charge is 0.468 e. The SMILES string of the molecule is CSc1ncc(C(=O)NCC(c2ccco2)N(C)C)n1-c1ccc(F)cc1. The number of thioether (sulfide) groups is 1. The molecule has 6 nitrogen and oxygen atoms in total. The van der Waals surface area contributed by atoms with Gasteiger partial charge < -0.3 is 9.73 Å². The third kappa shape index (κ3) is 4.23. The van der Waals surface area contributed by atoms with E-state index < -0.39 is 0 Å². The topological polar surface area (TPSA) is 63.3 Å². The second-order valence-electron chi connectivity index (χ2n) is 6.15. The van der Waals surface area contributed by atoms with E-state index in [9.17, 15) is 9.18 Å². The summed E-state index contributed by atoms with van der Waals surface area (Å²) in [5, 5.41) is 3.60. The first kappa shape index (κ1) is 19.2. The van der Waals surface area contributed by atoms with Crippen LogP contribution < -0.4 is 5.32 Å². The number of amides is 1. The van der Waals surface area contributed by atoms with Gasteiger partial charge in [-0.05, 0) is 56.7 Å². The molecule has 3 rings (SSSR count). The Morgan fingerprint density at radius 2 is 2.07 bits per heavy atom. The molecule has 0 aliphatic rings. The van der Waals surface area contributed by atoms with Gasteiger partial charge in [0.15, 0.2) is 5.16 Å².